The Hall–Kier alpha value is -1.07. The van der Waals surface area contributed by atoms with Gasteiger partial charge in [-0.3, -0.25) is 0 Å². The van der Waals surface area contributed by atoms with E-state index in [0.717, 1.165) is 22.4 Å². The van der Waals surface area contributed by atoms with Gasteiger partial charge in [-0.25, -0.2) is 13.4 Å². The first kappa shape index (κ1) is 13.9. The van der Waals surface area contributed by atoms with Crippen molar-refractivity contribution in [2.24, 2.45) is 0 Å². The molecule has 0 aliphatic carbocycles. The first-order chi connectivity index (χ1) is 9.52. The summed E-state index contributed by atoms with van der Waals surface area (Å²) in [7, 11) is -2.91. The fourth-order valence-electron chi connectivity index (χ4n) is 2.95. The number of para-hydroxylation sites is 1. The van der Waals surface area contributed by atoms with Crippen LogP contribution in [0.3, 0.4) is 0 Å². The largest absolute Gasteiger partial charge is 0.324 e. The topological polar surface area (TPSA) is 52.0 Å². The molecule has 108 valence electrons. The Kier molecular flexibility index (Phi) is 3.50. The number of nitrogens with zero attached hydrogens (tertiary/aromatic N) is 2. The van der Waals surface area contributed by atoms with Crippen LogP contribution >= 0.6 is 11.6 Å². The van der Waals surface area contributed by atoms with E-state index in [1.807, 2.05) is 25.1 Å². The number of fused-ring (bicyclic) bond motifs is 1. The normalized spacial score (nSPS) is 21.6. The number of hydrogen-bond acceptors (Lipinski definition) is 3. The first-order valence-corrected chi connectivity index (χ1v) is 9.10. The second kappa shape index (κ2) is 5.04. The third-order valence-electron chi connectivity index (χ3n) is 3.89. The van der Waals surface area contributed by atoms with E-state index in [4.69, 9.17) is 11.6 Å². The average molecular weight is 313 g/mol. The standard InChI is InChI=1S/C14H17ClN2O2S/c1-10-3-2-4-12-14(10)16-13(5-7-15)17(12)11-6-8-20(18,19)9-11/h2-4,11H,5-9H2,1H3. The molecule has 0 saturated carbocycles. The summed E-state index contributed by atoms with van der Waals surface area (Å²) in [6, 6.07) is 6.02. The molecule has 1 aromatic carbocycles. The zero-order valence-electron chi connectivity index (χ0n) is 11.3. The first-order valence-electron chi connectivity index (χ1n) is 6.74. The zero-order valence-corrected chi connectivity index (χ0v) is 12.9. The van der Waals surface area contributed by atoms with Gasteiger partial charge in [-0.2, -0.15) is 0 Å². The molecule has 20 heavy (non-hydrogen) atoms. The van der Waals surface area contributed by atoms with Crippen molar-refractivity contribution in [1.82, 2.24) is 9.55 Å². The Balaban J connectivity index is 2.17. The molecular formula is C14H17ClN2O2S. The van der Waals surface area contributed by atoms with Gasteiger partial charge in [-0.05, 0) is 25.0 Å². The van der Waals surface area contributed by atoms with Gasteiger partial charge in [0.2, 0.25) is 0 Å². The van der Waals surface area contributed by atoms with Crippen LogP contribution in [-0.4, -0.2) is 35.4 Å². The van der Waals surface area contributed by atoms with E-state index in [9.17, 15) is 8.42 Å². The number of benzene rings is 1. The summed E-state index contributed by atoms with van der Waals surface area (Å²) in [5.41, 5.74) is 3.09. The molecule has 0 radical (unpaired) electrons. The summed E-state index contributed by atoms with van der Waals surface area (Å²) in [4.78, 5) is 4.68. The van der Waals surface area contributed by atoms with E-state index in [0.29, 0.717) is 18.7 Å². The quantitative estimate of drug-likeness (QED) is 0.818. The molecule has 2 aromatic rings. The molecule has 1 aromatic heterocycles. The minimum atomic E-state index is -2.91. The summed E-state index contributed by atoms with van der Waals surface area (Å²) >= 11 is 5.87. The van der Waals surface area contributed by atoms with Gasteiger partial charge in [-0.1, -0.05) is 12.1 Å². The lowest BCUT2D eigenvalue weighted by Crippen LogP contribution is -2.14. The molecule has 0 N–H and O–H groups in total. The van der Waals surface area contributed by atoms with Crippen molar-refractivity contribution >= 4 is 32.5 Å². The maximum absolute atomic E-state index is 11.7. The number of hydrogen-bond donors (Lipinski definition) is 0. The fourth-order valence-corrected chi connectivity index (χ4v) is 4.82. The van der Waals surface area contributed by atoms with E-state index in [2.05, 4.69) is 9.55 Å². The van der Waals surface area contributed by atoms with Crippen LogP contribution < -0.4 is 0 Å². The fraction of sp³-hybridized carbons (Fsp3) is 0.500. The van der Waals surface area contributed by atoms with Gasteiger partial charge < -0.3 is 4.57 Å². The van der Waals surface area contributed by atoms with Crippen molar-refractivity contribution in [2.45, 2.75) is 25.8 Å². The molecular weight excluding hydrogens is 296 g/mol. The van der Waals surface area contributed by atoms with Crippen LogP contribution in [0.25, 0.3) is 11.0 Å². The highest BCUT2D eigenvalue weighted by atomic mass is 35.5. The molecule has 0 bridgehead atoms. The van der Waals surface area contributed by atoms with Gasteiger partial charge in [0.05, 0.1) is 28.6 Å². The summed E-state index contributed by atoms with van der Waals surface area (Å²) in [6.45, 7) is 2.02. The Bertz CT molecular complexity index is 752. The van der Waals surface area contributed by atoms with E-state index in [1.54, 1.807) is 0 Å². The predicted octanol–water partition coefficient (Wildman–Crippen LogP) is 2.49. The highest BCUT2D eigenvalue weighted by Gasteiger charge is 2.31. The van der Waals surface area contributed by atoms with Crippen molar-refractivity contribution in [3.05, 3.63) is 29.6 Å². The Morgan fingerprint density at radius 3 is 2.90 bits per heavy atom. The Labute approximate surface area is 123 Å². The van der Waals surface area contributed by atoms with E-state index < -0.39 is 9.84 Å². The van der Waals surface area contributed by atoms with Crippen LogP contribution in [0, 0.1) is 6.92 Å². The molecule has 4 nitrogen and oxygen atoms in total. The Morgan fingerprint density at radius 1 is 1.45 bits per heavy atom. The number of rotatable bonds is 3. The molecule has 1 atom stereocenters. The van der Waals surface area contributed by atoms with Crippen LogP contribution in [0.4, 0.5) is 0 Å². The minimum Gasteiger partial charge on any atom is -0.324 e. The highest BCUT2D eigenvalue weighted by Crippen LogP contribution is 2.30. The summed E-state index contributed by atoms with van der Waals surface area (Å²) in [5.74, 6) is 1.86. The molecule has 6 heteroatoms. The van der Waals surface area contributed by atoms with Gasteiger partial charge in [0.25, 0.3) is 0 Å². The third kappa shape index (κ3) is 2.33. The minimum absolute atomic E-state index is 0.00924. The lowest BCUT2D eigenvalue weighted by Gasteiger charge is -2.15. The summed E-state index contributed by atoms with van der Waals surface area (Å²) in [5, 5.41) is 0. The number of aromatic nitrogens is 2. The number of imidazole rings is 1. The Morgan fingerprint density at radius 2 is 2.25 bits per heavy atom. The van der Waals surface area contributed by atoms with E-state index in [1.165, 1.54) is 0 Å². The number of aryl methyl sites for hydroxylation is 2. The van der Waals surface area contributed by atoms with Crippen molar-refractivity contribution in [2.75, 3.05) is 17.4 Å². The molecule has 1 aliphatic rings. The molecule has 2 heterocycles. The van der Waals surface area contributed by atoms with Gasteiger partial charge in [0.1, 0.15) is 5.82 Å². The van der Waals surface area contributed by atoms with E-state index >= 15 is 0 Å². The molecule has 1 aliphatic heterocycles. The molecule has 1 saturated heterocycles. The SMILES string of the molecule is Cc1cccc2c1nc(CCCl)n2C1CCS(=O)(=O)C1. The zero-order chi connectivity index (χ0) is 14.3. The van der Waals surface area contributed by atoms with Gasteiger partial charge >= 0.3 is 0 Å². The van der Waals surface area contributed by atoms with Crippen LogP contribution in [0.2, 0.25) is 0 Å². The van der Waals surface area contributed by atoms with Crippen LogP contribution in [-0.2, 0) is 16.3 Å². The highest BCUT2D eigenvalue weighted by molar-refractivity contribution is 7.91. The van der Waals surface area contributed by atoms with Gasteiger partial charge in [0, 0.05) is 12.3 Å². The molecule has 1 unspecified atom stereocenters. The van der Waals surface area contributed by atoms with Crippen molar-refractivity contribution in [3.8, 4) is 0 Å². The maximum Gasteiger partial charge on any atom is 0.152 e. The lowest BCUT2D eigenvalue weighted by atomic mass is 10.2. The van der Waals surface area contributed by atoms with Crippen molar-refractivity contribution in [1.29, 1.82) is 0 Å². The van der Waals surface area contributed by atoms with Crippen molar-refractivity contribution in [3.63, 3.8) is 0 Å². The second-order valence-corrected chi connectivity index (χ2v) is 7.94. The van der Waals surface area contributed by atoms with Gasteiger partial charge in [0.15, 0.2) is 9.84 Å². The number of halogens is 1. The maximum atomic E-state index is 11.7. The molecule has 1 fully saturated rings. The molecule has 0 amide bonds. The van der Waals surface area contributed by atoms with Crippen molar-refractivity contribution < 1.29 is 8.42 Å². The smallest absolute Gasteiger partial charge is 0.152 e. The predicted molar refractivity (Wildman–Crippen MR) is 81.2 cm³/mol. The number of sulfone groups is 1. The monoisotopic (exact) mass is 312 g/mol. The second-order valence-electron chi connectivity index (χ2n) is 5.34. The average Bonchev–Trinajstić information content (AvgIpc) is 2.91. The lowest BCUT2D eigenvalue weighted by molar-refractivity contribution is 0.548. The number of alkyl halides is 1. The summed E-state index contributed by atoms with van der Waals surface area (Å²) < 4.78 is 25.6. The summed E-state index contributed by atoms with van der Waals surface area (Å²) in [6.07, 6.45) is 1.32. The van der Waals surface area contributed by atoms with Crippen LogP contribution in [0.5, 0.6) is 0 Å². The van der Waals surface area contributed by atoms with Crippen LogP contribution in [0.1, 0.15) is 23.9 Å². The molecule has 0 spiro atoms. The third-order valence-corrected chi connectivity index (χ3v) is 5.83. The molecule has 3 rings (SSSR count). The van der Waals surface area contributed by atoms with Crippen LogP contribution in [0.15, 0.2) is 18.2 Å². The van der Waals surface area contributed by atoms with E-state index in [-0.39, 0.29) is 17.5 Å². The van der Waals surface area contributed by atoms with Gasteiger partial charge in [-0.15, -0.1) is 11.6 Å².